The minimum atomic E-state index is -1.08. The third-order valence-electron chi connectivity index (χ3n) is 1.02. The summed E-state index contributed by atoms with van der Waals surface area (Å²) in [6, 6.07) is 0. The number of aliphatic carboxylic acids is 1. The van der Waals surface area contributed by atoms with Crippen molar-refractivity contribution >= 4 is 5.97 Å². The van der Waals surface area contributed by atoms with Crippen molar-refractivity contribution in [3.05, 3.63) is 12.4 Å². The molecular weight excluding hydrogens is 252 g/mol. The second-order valence-electron chi connectivity index (χ2n) is 2.45. The van der Waals surface area contributed by atoms with Gasteiger partial charge in [-0.05, 0) is 6.92 Å². The summed E-state index contributed by atoms with van der Waals surface area (Å²) in [5.74, 6) is -1.08. The molecule has 0 fully saturated rings. The fourth-order valence-electron chi connectivity index (χ4n) is 0.674. The maximum Gasteiger partial charge on any atom is 1.00 e. The molecule has 0 aromatic rings. The SMILES string of the molecule is CC(=O)[O-].CN1C=CN(C)C1.[Ag+]. The zero-order valence-corrected chi connectivity index (χ0v) is 8.86. The molecule has 1 rings (SSSR count). The summed E-state index contributed by atoms with van der Waals surface area (Å²) >= 11 is 0. The van der Waals surface area contributed by atoms with Crippen molar-refractivity contribution in [1.82, 2.24) is 9.80 Å². The van der Waals surface area contributed by atoms with Gasteiger partial charge in [-0.25, -0.2) is 0 Å². The number of carboxylic acids is 1. The summed E-state index contributed by atoms with van der Waals surface area (Å²) in [6.45, 7) is 2.00. The van der Waals surface area contributed by atoms with E-state index in [9.17, 15) is 0 Å². The van der Waals surface area contributed by atoms with Crippen LogP contribution in [0, 0.1) is 0 Å². The van der Waals surface area contributed by atoms with E-state index in [1.807, 2.05) is 0 Å². The van der Waals surface area contributed by atoms with Gasteiger partial charge in [0.25, 0.3) is 0 Å². The van der Waals surface area contributed by atoms with E-state index in [1.165, 1.54) is 0 Å². The van der Waals surface area contributed by atoms with Gasteiger partial charge in [0.2, 0.25) is 0 Å². The van der Waals surface area contributed by atoms with E-state index in [0.717, 1.165) is 13.6 Å². The molecule has 0 bridgehead atoms. The summed E-state index contributed by atoms with van der Waals surface area (Å²) in [5.41, 5.74) is 0. The Morgan fingerprint density at radius 1 is 1.33 bits per heavy atom. The molecule has 74 valence electrons. The van der Waals surface area contributed by atoms with Crippen molar-refractivity contribution in [1.29, 1.82) is 0 Å². The first-order chi connectivity index (χ1) is 5.02. The third kappa shape index (κ3) is 9.55. The van der Waals surface area contributed by atoms with Gasteiger partial charge >= 0.3 is 22.4 Å². The number of hydrogen-bond acceptors (Lipinski definition) is 4. The van der Waals surface area contributed by atoms with Gasteiger partial charge in [-0.3, -0.25) is 0 Å². The maximum absolute atomic E-state index is 8.89. The Bertz CT molecular complexity index is 147. The molecule has 0 spiro atoms. The predicted molar refractivity (Wildman–Crippen MR) is 40.2 cm³/mol. The summed E-state index contributed by atoms with van der Waals surface area (Å²) in [4.78, 5) is 13.1. The molecule has 12 heavy (non-hydrogen) atoms. The fraction of sp³-hybridized carbons (Fsp3) is 0.571. The van der Waals surface area contributed by atoms with Gasteiger partial charge in [0.05, 0.1) is 6.67 Å². The zero-order chi connectivity index (χ0) is 8.85. The molecule has 4 nitrogen and oxygen atoms in total. The monoisotopic (exact) mass is 264 g/mol. The van der Waals surface area contributed by atoms with Gasteiger partial charge < -0.3 is 19.7 Å². The van der Waals surface area contributed by atoms with Crippen molar-refractivity contribution in [2.45, 2.75) is 6.92 Å². The van der Waals surface area contributed by atoms with Crippen molar-refractivity contribution in [2.75, 3.05) is 20.8 Å². The Balaban J connectivity index is 0. The molecule has 0 N–H and O–H groups in total. The minimum Gasteiger partial charge on any atom is -0.550 e. The normalized spacial score (nSPS) is 13.2. The van der Waals surface area contributed by atoms with E-state index in [-0.39, 0.29) is 22.4 Å². The van der Waals surface area contributed by atoms with Crippen LogP contribution >= 0.6 is 0 Å². The van der Waals surface area contributed by atoms with Crippen LogP contribution in [0.4, 0.5) is 0 Å². The Kier molecular flexibility index (Phi) is 8.47. The molecule has 0 unspecified atom stereocenters. The van der Waals surface area contributed by atoms with Gasteiger partial charge in [-0.2, -0.15) is 0 Å². The smallest absolute Gasteiger partial charge is 0.550 e. The molecule has 0 saturated heterocycles. The standard InChI is InChI=1S/C5H10N2.C2H4O2.Ag/c1-6-3-4-7(2)5-6;1-2(3)4;/h3-4H,5H2,1-2H3;1H3,(H,3,4);/q;;+1/p-1. The molecule has 0 aliphatic carbocycles. The first kappa shape index (κ1) is 14.1. The van der Waals surface area contributed by atoms with Gasteiger partial charge in [0, 0.05) is 32.5 Å². The fourth-order valence-corrected chi connectivity index (χ4v) is 0.674. The van der Waals surface area contributed by atoms with Crippen molar-refractivity contribution < 1.29 is 32.3 Å². The molecule has 1 aliphatic rings. The van der Waals surface area contributed by atoms with Crippen LogP contribution in [-0.2, 0) is 27.2 Å². The molecule has 0 aromatic carbocycles. The minimum absolute atomic E-state index is 0. The van der Waals surface area contributed by atoms with Crippen LogP contribution in [0.5, 0.6) is 0 Å². The first-order valence-electron chi connectivity index (χ1n) is 3.28. The predicted octanol–water partition coefficient (Wildman–Crippen LogP) is -0.954. The average Bonchev–Trinajstić information content (AvgIpc) is 2.13. The van der Waals surface area contributed by atoms with Crippen LogP contribution in [-0.4, -0.2) is 36.5 Å². The van der Waals surface area contributed by atoms with Crippen LogP contribution in [0.3, 0.4) is 0 Å². The number of carbonyl (C=O) groups is 1. The number of nitrogens with zero attached hydrogens (tertiary/aromatic N) is 2. The van der Waals surface area contributed by atoms with E-state index >= 15 is 0 Å². The Morgan fingerprint density at radius 3 is 1.67 bits per heavy atom. The number of rotatable bonds is 0. The van der Waals surface area contributed by atoms with Crippen molar-refractivity contribution in [3.8, 4) is 0 Å². The van der Waals surface area contributed by atoms with Crippen LogP contribution in [0.25, 0.3) is 0 Å². The van der Waals surface area contributed by atoms with Crippen LogP contribution in [0.2, 0.25) is 0 Å². The molecular formula is C7H13AgN2O2. The van der Waals surface area contributed by atoms with Crippen molar-refractivity contribution in [2.24, 2.45) is 0 Å². The molecule has 0 radical (unpaired) electrons. The quantitative estimate of drug-likeness (QED) is 0.530. The van der Waals surface area contributed by atoms with E-state index < -0.39 is 5.97 Å². The maximum atomic E-state index is 8.89. The molecule has 0 atom stereocenters. The first-order valence-corrected chi connectivity index (χ1v) is 3.28. The summed E-state index contributed by atoms with van der Waals surface area (Å²) in [6.07, 6.45) is 4.11. The van der Waals surface area contributed by atoms with Gasteiger partial charge in [0.15, 0.2) is 0 Å². The van der Waals surface area contributed by atoms with Crippen molar-refractivity contribution in [3.63, 3.8) is 0 Å². The second-order valence-corrected chi connectivity index (χ2v) is 2.45. The molecule has 1 aliphatic heterocycles. The Morgan fingerprint density at radius 2 is 1.58 bits per heavy atom. The van der Waals surface area contributed by atoms with Crippen LogP contribution < -0.4 is 5.11 Å². The van der Waals surface area contributed by atoms with Crippen LogP contribution in [0.1, 0.15) is 6.92 Å². The van der Waals surface area contributed by atoms with E-state index in [1.54, 1.807) is 0 Å². The zero-order valence-electron chi connectivity index (χ0n) is 7.37. The van der Waals surface area contributed by atoms with E-state index in [4.69, 9.17) is 9.90 Å². The van der Waals surface area contributed by atoms with Crippen LogP contribution in [0.15, 0.2) is 12.4 Å². The molecule has 0 saturated carbocycles. The number of carbonyl (C=O) groups excluding carboxylic acids is 1. The summed E-state index contributed by atoms with van der Waals surface area (Å²) < 4.78 is 0. The molecule has 5 heteroatoms. The summed E-state index contributed by atoms with van der Waals surface area (Å²) in [5, 5.41) is 8.89. The largest absolute Gasteiger partial charge is 1.00 e. The van der Waals surface area contributed by atoms with E-state index in [0.29, 0.717) is 0 Å². The van der Waals surface area contributed by atoms with E-state index in [2.05, 4.69) is 36.3 Å². The number of carboxylic acid groups (broad SMARTS) is 1. The Hall–Kier alpha value is -0.450. The van der Waals surface area contributed by atoms with Gasteiger partial charge in [-0.15, -0.1) is 0 Å². The topological polar surface area (TPSA) is 46.6 Å². The number of hydrogen-bond donors (Lipinski definition) is 0. The second kappa shape index (κ2) is 7.21. The molecule has 0 aromatic heterocycles. The Labute approximate surface area is 88.3 Å². The van der Waals surface area contributed by atoms with Gasteiger partial charge in [0.1, 0.15) is 0 Å². The molecule has 1 heterocycles. The third-order valence-corrected chi connectivity index (χ3v) is 1.02. The summed E-state index contributed by atoms with van der Waals surface area (Å²) in [7, 11) is 4.11. The van der Waals surface area contributed by atoms with Gasteiger partial charge in [-0.1, -0.05) is 0 Å². The average molecular weight is 265 g/mol. The molecule has 0 amide bonds.